The maximum Gasteiger partial charge on any atom is 0.149 e. The van der Waals surface area contributed by atoms with Gasteiger partial charge in [0.15, 0.2) is 0 Å². The van der Waals surface area contributed by atoms with Crippen LogP contribution >= 0.6 is 11.8 Å². The zero-order valence-corrected chi connectivity index (χ0v) is 4.99. The molecule has 0 amide bonds. The number of hydrogen-bond acceptors (Lipinski definition) is 3. The van der Waals surface area contributed by atoms with E-state index in [0.29, 0.717) is 11.8 Å². The summed E-state index contributed by atoms with van der Waals surface area (Å²) in [6.07, 6.45) is 0. The van der Waals surface area contributed by atoms with E-state index in [1.165, 1.54) is 0 Å². The van der Waals surface area contributed by atoms with Crippen LogP contribution in [0.25, 0.3) is 0 Å². The van der Waals surface area contributed by atoms with Crippen molar-refractivity contribution in [3.63, 3.8) is 0 Å². The molecule has 4 heteroatoms. The van der Waals surface area contributed by atoms with Gasteiger partial charge >= 0.3 is 0 Å². The zero-order chi connectivity index (χ0) is 4.12. The van der Waals surface area contributed by atoms with Crippen molar-refractivity contribution in [3.05, 3.63) is 0 Å². The molecule has 34 valence electrons. The van der Waals surface area contributed by atoms with Crippen molar-refractivity contribution in [2.75, 3.05) is 0 Å². The van der Waals surface area contributed by atoms with Crippen LogP contribution in [0.15, 0.2) is 0 Å². The van der Waals surface area contributed by atoms with Gasteiger partial charge in [0.2, 0.25) is 0 Å². The first kappa shape index (κ1) is 9.37. The average Bonchev–Trinajstić information content (AvgIpc) is 1.41. The Hall–Kier alpha value is -0.00766. The molecule has 0 aliphatic rings. The van der Waals surface area contributed by atoms with E-state index < -0.39 is 0 Å². The SMILES string of the molecule is N#CSC#N.[Pd]. The van der Waals surface area contributed by atoms with E-state index in [0.717, 1.165) is 0 Å². The Labute approximate surface area is 53.8 Å². The smallest absolute Gasteiger partial charge is 0.149 e. The molecule has 0 radical (unpaired) electrons. The van der Waals surface area contributed by atoms with Crippen molar-refractivity contribution >= 4 is 11.8 Å². The molecule has 0 unspecified atom stereocenters. The molecule has 0 rings (SSSR count). The molecule has 0 spiro atoms. The van der Waals surface area contributed by atoms with Crippen molar-refractivity contribution in [1.29, 1.82) is 10.5 Å². The van der Waals surface area contributed by atoms with Crippen molar-refractivity contribution < 1.29 is 20.4 Å². The molecule has 0 aromatic rings. The van der Waals surface area contributed by atoms with E-state index in [4.69, 9.17) is 10.5 Å². The van der Waals surface area contributed by atoms with Crippen LogP contribution in [0, 0.1) is 21.3 Å². The van der Waals surface area contributed by atoms with Gasteiger partial charge in [-0.3, -0.25) is 0 Å². The molecule has 0 atom stereocenters. The molecule has 0 heterocycles. The van der Waals surface area contributed by atoms with Crippen LogP contribution in [-0.2, 0) is 20.4 Å². The van der Waals surface area contributed by atoms with Crippen LogP contribution < -0.4 is 0 Å². The van der Waals surface area contributed by atoms with Gasteiger partial charge in [0.05, 0.1) is 11.8 Å². The van der Waals surface area contributed by atoms with Crippen LogP contribution in [0.1, 0.15) is 0 Å². The van der Waals surface area contributed by atoms with E-state index >= 15 is 0 Å². The van der Waals surface area contributed by atoms with Crippen LogP contribution in [0.3, 0.4) is 0 Å². The molecule has 0 fully saturated rings. The first-order valence-corrected chi connectivity index (χ1v) is 1.67. The van der Waals surface area contributed by atoms with Gasteiger partial charge in [-0.15, -0.1) is 0 Å². The Morgan fingerprint density at radius 1 is 1.17 bits per heavy atom. The zero-order valence-electron chi connectivity index (χ0n) is 2.62. The molecule has 6 heavy (non-hydrogen) atoms. The Morgan fingerprint density at radius 3 is 1.50 bits per heavy atom. The molecule has 0 saturated heterocycles. The molecular weight excluding hydrogens is 191 g/mol. The maximum absolute atomic E-state index is 7.56. The van der Waals surface area contributed by atoms with Gasteiger partial charge in [0.25, 0.3) is 0 Å². The average molecular weight is 191 g/mol. The normalized spacial score (nSPS) is 3.67. The van der Waals surface area contributed by atoms with Crippen LogP contribution in [0.4, 0.5) is 0 Å². The summed E-state index contributed by atoms with van der Waals surface area (Å²) < 4.78 is 0. The second-order valence-electron chi connectivity index (χ2n) is 0.285. The molecular formula is C2N2PdS. The van der Waals surface area contributed by atoms with Gasteiger partial charge in [0.1, 0.15) is 10.8 Å². The minimum Gasteiger partial charge on any atom is -0.184 e. The van der Waals surface area contributed by atoms with Crippen molar-refractivity contribution in [2.24, 2.45) is 0 Å². The third-order valence-corrected chi connectivity index (χ3v) is 0.274. The fourth-order valence-corrected chi connectivity index (χ4v) is 0.0612. The summed E-state index contributed by atoms with van der Waals surface area (Å²) in [6, 6.07) is 0. The molecule has 0 aromatic heterocycles. The second-order valence-corrected chi connectivity index (χ2v) is 0.854. The van der Waals surface area contributed by atoms with Crippen LogP contribution in [0.5, 0.6) is 0 Å². The van der Waals surface area contributed by atoms with Crippen molar-refractivity contribution in [2.45, 2.75) is 0 Å². The predicted octanol–water partition coefficient (Wildman–Crippen LogP) is 0.679. The van der Waals surface area contributed by atoms with Crippen LogP contribution in [-0.4, -0.2) is 0 Å². The third kappa shape index (κ3) is 9.01. The first-order chi connectivity index (χ1) is 2.41. The van der Waals surface area contributed by atoms with Gasteiger partial charge in [-0.2, -0.15) is 10.5 Å². The summed E-state index contributed by atoms with van der Waals surface area (Å²) in [5, 5.41) is 18.3. The Kier molecular flexibility index (Phi) is 13.9. The number of nitrogens with zero attached hydrogens (tertiary/aromatic N) is 2. The Morgan fingerprint density at radius 2 is 1.50 bits per heavy atom. The van der Waals surface area contributed by atoms with Gasteiger partial charge < -0.3 is 0 Å². The maximum atomic E-state index is 7.56. The summed E-state index contributed by atoms with van der Waals surface area (Å²) in [6.45, 7) is 0. The van der Waals surface area contributed by atoms with Gasteiger partial charge in [-0.05, 0) is 0 Å². The third-order valence-electron chi connectivity index (χ3n) is 0.0913. The molecule has 0 aliphatic heterocycles. The Balaban J connectivity index is 0. The van der Waals surface area contributed by atoms with E-state index in [1.807, 2.05) is 0 Å². The minimum atomic E-state index is 0. The molecule has 0 aliphatic carbocycles. The van der Waals surface area contributed by atoms with E-state index in [-0.39, 0.29) is 20.4 Å². The van der Waals surface area contributed by atoms with Gasteiger partial charge in [0, 0.05) is 20.4 Å². The molecule has 0 bridgehead atoms. The second kappa shape index (κ2) is 8.89. The summed E-state index contributed by atoms with van der Waals surface area (Å²) in [5.74, 6) is 0. The summed E-state index contributed by atoms with van der Waals surface area (Å²) in [4.78, 5) is 0. The number of thioether (sulfide) groups is 1. The molecule has 2 nitrogen and oxygen atoms in total. The van der Waals surface area contributed by atoms with Gasteiger partial charge in [-0.25, -0.2) is 0 Å². The van der Waals surface area contributed by atoms with Crippen LogP contribution in [0.2, 0.25) is 0 Å². The van der Waals surface area contributed by atoms with Crippen molar-refractivity contribution in [1.82, 2.24) is 0 Å². The standard InChI is InChI=1S/C2N2S.Pd/c3-1-5-2-4;. The molecule has 0 N–H and O–H groups in total. The number of nitriles is 2. The van der Waals surface area contributed by atoms with E-state index in [2.05, 4.69) is 0 Å². The number of rotatable bonds is 0. The van der Waals surface area contributed by atoms with Crippen molar-refractivity contribution in [3.8, 4) is 10.8 Å². The first-order valence-electron chi connectivity index (χ1n) is 0.855. The van der Waals surface area contributed by atoms with Gasteiger partial charge in [-0.1, -0.05) is 0 Å². The fourth-order valence-electron chi connectivity index (χ4n) is 0.0204. The fraction of sp³-hybridized carbons (Fsp3) is 0. The largest absolute Gasteiger partial charge is 0.184 e. The monoisotopic (exact) mass is 190 g/mol. The van der Waals surface area contributed by atoms with E-state index in [9.17, 15) is 0 Å². The predicted molar refractivity (Wildman–Crippen MR) is 18.8 cm³/mol. The minimum absolute atomic E-state index is 0. The van der Waals surface area contributed by atoms with E-state index in [1.54, 1.807) is 10.8 Å². The summed E-state index contributed by atoms with van der Waals surface area (Å²) in [5.41, 5.74) is 0. The molecule has 0 aromatic carbocycles. The summed E-state index contributed by atoms with van der Waals surface area (Å²) in [7, 11) is 0. The number of hydrogen-bond donors (Lipinski definition) is 0. The quantitative estimate of drug-likeness (QED) is 0.417. The topological polar surface area (TPSA) is 47.6 Å². The summed E-state index contributed by atoms with van der Waals surface area (Å²) >= 11 is 0.574. The molecule has 0 saturated carbocycles. The Bertz CT molecular complexity index is 76.7. The number of thiocyanates is 2.